The van der Waals surface area contributed by atoms with E-state index >= 15 is 0 Å². The molecule has 0 spiro atoms. The van der Waals surface area contributed by atoms with E-state index in [1.807, 2.05) is 37.3 Å². The van der Waals surface area contributed by atoms with Crippen LogP contribution in [0.4, 0.5) is 0 Å². The maximum atomic E-state index is 11.8. The van der Waals surface area contributed by atoms with Gasteiger partial charge in [-0.2, -0.15) is 0 Å². The number of nitrogens with zero attached hydrogens (tertiary/aromatic N) is 2. The van der Waals surface area contributed by atoms with Gasteiger partial charge in [0.25, 0.3) is 5.56 Å². The number of aryl methyl sites for hydroxylation is 1. The van der Waals surface area contributed by atoms with Gasteiger partial charge >= 0.3 is 0 Å². The third-order valence-corrected chi connectivity index (χ3v) is 3.19. The number of rotatable bonds is 4. The van der Waals surface area contributed by atoms with Crippen LogP contribution in [0.1, 0.15) is 12.5 Å². The molecule has 1 aromatic carbocycles. The number of benzene rings is 1. The van der Waals surface area contributed by atoms with Crippen LogP contribution in [-0.2, 0) is 13.2 Å². The highest BCUT2D eigenvalue weighted by molar-refractivity contribution is 9.10. The van der Waals surface area contributed by atoms with Crippen molar-refractivity contribution < 1.29 is 4.74 Å². The Morgan fingerprint density at radius 3 is 2.72 bits per heavy atom. The zero-order chi connectivity index (χ0) is 13.0. The fraction of sp³-hybridized carbons (Fsp3) is 0.231. The second kappa shape index (κ2) is 5.82. The lowest BCUT2D eigenvalue weighted by Crippen LogP contribution is -2.21. The molecule has 18 heavy (non-hydrogen) atoms. The van der Waals surface area contributed by atoms with Crippen molar-refractivity contribution in [3.63, 3.8) is 0 Å². The van der Waals surface area contributed by atoms with E-state index in [2.05, 4.69) is 20.9 Å². The minimum Gasteiger partial charge on any atom is -0.472 e. The first-order valence-corrected chi connectivity index (χ1v) is 6.43. The van der Waals surface area contributed by atoms with Crippen LogP contribution < -0.4 is 10.3 Å². The lowest BCUT2D eigenvalue weighted by molar-refractivity contribution is 0.289. The summed E-state index contributed by atoms with van der Waals surface area (Å²) in [6.45, 7) is 2.87. The number of hydrogen-bond acceptors (Lipinski definition) is 3. The molecule has 0 saturated carbocycles. The number of hydrogen-bond donors (Lipinski definition) is 0. The average molecular weight is 309 g/mol. The van der Waals surface area contributed by atoms with Gasteiger partial charge in [0.1, 0.15) is 17.4 Å². The minimum atomic E-state index is -0.129. The molecule has 1 heterocycles. The summed E-state index contributed by atoms with van der Waals surface area (Å²) in [7, 11) is 0. The summed E-state index contributed by atoms with van der Waals surface area (Å²) < 4.78 is 7.41. The summed E-state index contributed by atoms with van der Waals surface area (Å²) in [5.41, 5.74) is 0.904. The molecule has 5 heteroatoms. The Kier molecular flexibility index (Phi) is 4.15. The molecule has 94 valence electrons. The van der Waals surface area contributed by atoms with Crippen LogP contribution in [0.5, 0.6) is 5.88 Å². The van der Waals surface area contributed by atoms with Gasteiger partial charge in [0, 0.05) is 6.54 Å². The van der Waals surface area contributed by atoms with E-state index in [1.165, 1.54) is 10.9 Å². The second-order valence-corrected chi connectivity index (χ2v) is 4.52. The first kappa shape index (κ1) is 12.8. The molecule has 0 atom stereocenters. The Balaban J connectivity index is 2.16. The summed E-state index contributed by atoms with van der Waals surface area (Å²) in [5, 5.41) is 0. The topological polar surface area (TPSA) is 44.1 Å². The quantitative estimate of drug-likeness (QED) is 0.872. The summed E-state index contributed by atoms with van der Waals surface area (Å²) >= 11 is 3.22. The van der Waals surface area contributed by atoms with Gasteiger partial charge in [0.2, 0.25) is 5.88 Å². The maximum absolute atomic E-state index is 11.8. The molecule has 4 nitrogen and oxygen atoms in total. The zero-order valence-electron chi connectivity index (χ0n) is 9.97. The third kappa shape index (κ3) is 2.79. The smallest absolute Gasteiger partial charge is 0.271 e. The molecule has 0 aliphatic carbocycles. The zero-order valence-corrected chi connectivity index (χ0v) is 11.6. The van der Waals surface area contributed by atoms with Crippen molar-refractivity contribution in [2.24, 2.45) is 0 Å². The molecule has 0 unspecified atom stereocenters. The Morgan fingerprint density at radius 2 is 2.06 bits per heavy atom. The van der Waals surface area contributed by atoms with Crippen molar-refractivity contribution >= 4 is 15.9 Å². The fourth-order valence-electron chi connectivity index (χ4n) is 1.50. The number of aromatic nitrogens is 2. The minimum absolute atomic E-state index is 0.129. The SMILES string of the molecule is CCn1cnc(OCc2ccccc2)c(Br)c1=O. The molecular formula is C13H13BrN2O2. The summed E-state index contributed by atoms with van der Waals surface area (Å²) in [6.07, 6.45) is 1.49. The Bertz CT molecular complexity index is 581. The summed E-state index contributed by atoms with van der Waals surface area (Å²) in [6, 6.07) is 9.74. The highest BCUT2D eigenvalue weighted by Crippen LogP contribution is 2.18. The molecule has 0 amide bonds. The van der Waals surface area contributed by atoms with Crippen LogP contribution in [-0.4, -0.2) is 9.55 Å². The van der Waals surface area contributed by atoms with Crippen LogP contribution in [0, 0.1) is 0 Å². The van der Waals surface area contributed by atoms with Gasteiger partial charge in [0.15, 0.2) is 0 Å². The predicted molar refractivity (Wildman–Crippen MR) is 72.6 cm³/mol. The standard InChI is InChI=1S/C13H13BrN2O2/c1-2-16-9-15-12(11(14)13(16)17)18-8-10-6-4-3-5-7-10/h3-7,9H,2,8H2,1H3. The molecule has 0 aliphatic heterocycles. The van der Waals surface area contributed by atoms with Crippen molar-refractivity contribution in [3.8, 4) is 5.88 Å². The van der Waals surface area contributed by atoms with Crippen molar-refractivity contribution in [1.29, 1.82) is 0 Å². The van der Waals surface area contributed by atoms with Crippen LogP contribution in [0.3, 0.4) is 0 Å². The Hall–Kier alpha value is -1.62. The molecule has 0 radical (unpaired) electrons. The molecular weight excluding hydrogens is 296 g/mol. The summed E-state index contributed by atoms with van der Waals surface area (Å²) in [5.74, 6) is 0.327. The lowest BCUT2D eigenvalue weighted by Gasteiger charge is -2.08. The van der Waals surface area contributed by atoms with Crippen molar-refractivity contribution in [2.45, 2.75) is 20.1 Å². The number of ether oxygens (including phenoxy) is 1. The maximum Gasteiger partial charge on any atom is 0.271 e. The van der Waals surface area contributed by atoms with E-state index in [9.17, 15) is 4.79 Å². The first-order valence-electron chi connectivity index (χ1n) is 5.64. The molecule has 2 rings (SSSR count). The van der Waals surface area contributed by atoms with Crippen LogP contribution in [0.15, 0.2) is 45.9 Å². The predicted octanol–water partition coefficient (Wildman–Crippen LogP) is 2.60. The van der Waals surface area contributed by atoms with Crippen LogP contribution in [0.2, 0.25) is 0 Å². The van der Waals surface area contributed by atoms with Gasteiger partial charge in [-0.1, -0.05) is 30.3 Å². The molecule has 0 bridgehead atoms. The third-order valence-electron chi connectivity index (χ3n) is 2.51. The molecule has 0 aliphatic rings. The Morgan fingerprint density at radius 1 is 1.33 bits per heavy atom. The van der Waals surface area contributed by atoms with Crippen molar-refractivity contribution in [1.82, 2.24) is 9.55 Å². The highest BCUT2D eigenvalue weighted by Gasteiger charge is 2.09. The van der Waals surface area contributed by atoms with Crippen LogP contribution in [0.25, 0.3) is 0 Å². The highest BCUT2D eigenvalue weighted by atomic mass is 79.9. The first-order chi connectivity index (χ1) is 8.72. The lowest BCUT2D eigenvalue weighted by atomic mass is 10.2. The molecule has 0 N–H and O–H groups in total. The van der Waals surface area contributed by atoms with Gasteiger partial charge < -0.3 is 4.74 Å². The second-order valence-electron chi connectivity index (χ2n) is 3.73. The van der Waals surface area contributed by atoms with E-state index in [4.69, 9.17) is 4.74 Å². The van der Waals surface area contributed by atoms with Gasteiger partial charge in [-0.3, -0.25) is 9.36 Å². The van der Waals surface area contributed by atoms with Crippen LogP contribution >= 0.6 is 15.9 Å². The van der Waals surface area contributed by atoms with E-state index in [-0.39, 0.29) is 5.56 Å². The molecule has 1 aromatic heterocycles. The van der Waals surface area contributed by atoms with Gasteiger partial charge in [0.05, 0.1) is 0 Å². The Labute approximate surface area is 113 Å². The van der Waals surface area contributed by atoms with E-state index < -0.39 is 0 Å². The average Bonchev–Trinajstić information content (AvgIpc) is 2.42. The van der Waals surface area contributed by atoms with E-state index in [0.717, 1.165) is 5.56 Å². The van der Waals surface area contributed by atoms with Gasteiger partial charge in [-0.05, 0) is 28.4 Å². The molecule has 0 saturated heterocycles. The molecule has 2 aromatic rings. The monoisotopic (exact) mass is 308 g/mol. The largest absolute Gasteiger partial charge is 0.472 e. The number of halogens is 1. The van der Waals surface area contributed by atoms with Crippen molar-refractivity contribution in [2.75, 3.05) is 0 Å². The van der Waals surface area contributed by atoms with E-state index in [1.54, 1.807) is 0 Å². The van der Waals surface area contributed by atoms with Crippen molar-refractivity contribution in [3.05, 3.63) is 57.0 Å². The van der Waals surface area contributed by atoms with E-state index in [0.29, 0.717) is 23.5 Å². The fourth-order valence-corrected chi connectivity index (χ4v) is 1.95. The summed E-state index contributed by atoms with van der Waals surface area (Å²) in [4.78, 5) is 15.9. The normalized spacial score (nSPS) is 10.3. The van der Waals surface area contributed by atoms with Gasteiger partial charge in [-0.15, -0.1) is 0 Å². The molecule has 0 fully saturated rings. The van der Waals surface area contributed by atoms with Gasteiger partial charge in [-0.25, -0.2) is 4.98 Å².